The van der Waals surface area contributed by atoms with Crippen molar-refractivity contribution in [3.05, 3.63) is 147 Å². The Bertz CT molecular complexity index is 1630. The molecular weight excluding hydrogens is 536 g/mol. The van der Waals surface area contributed by atoms with Crippen molar-refractivity contribution in [1.29, 1.82) is 0 Å². The molecule has 6 heteroatoms. The van der Waals surface area contributed by atoms with Crippen LogP contribution in [0.15, 0.2) is 103 Å². The summed E-state index contributed by atoms with van der Waals surface area (Å²) in [5.74, 6) is -0.889. The summed E-state index contributed by atoms with van der Waals surface area (Å²) in [6.07, 6.45) is 0.987. The van der Waals surface area contributed by atoms with Crippen molar-refractivity contribution in [2.24, 2.45) is 0 Å². The van der Waals surface area contributed by atoms with Gasteiger partial charge in [-0.15, -0.1) is 0 Å². The van der Waals surface area contributed by atoms with Gasteiger partial charge in [0.25, 0.3) is 5.69 Å². The number of aromatic carboxylic acids is 1. The third-order valence-electron chi connectivity index (χ3n) is 7.57. The maximum Gasteiger partial charge on any atom is 0.336 e. The van der Waals surface area contributed by atoms with Crippen LogP contribution in [-0.4, -0.2) is 16.0 Å². The summed E-state index contributed by atoms with van der Waals surface area (Å²) in [6, 6.07) is 28.0. The number of non-ortho nitro benzene ring substituents is 1. The topological polar surface area (TPSA) is 92.5 Å². The molecule has 0 heterocycles. The highest BCUT2D eigenvalue weighted by Gasteiger charge is 2.12. The number of carbonyl (C=O) groups is 1. The summed E-state index contributed by atoms with van der Waals surface area (Å²) in [4.78, 5) is 21.5. The van der Waals surface area contributed by atoms with Crippen LogP contribution in [0.4, 0.5) is 5.69 Å². The maximum absolute atomic E-state index is 11.1. The molecule has 1 atom stereocenters. The van der Waals surface area contributed by atoms with Gasteiger partial charge in [0.05, 0.1) is 10.5 Å². The van der Waals surface area contributed by atoms with Gasteiger partial charge in [-0.2, -0.15) is 0 Å². The minimum atomic E-state index is -0.889. The molecule has 0 aliphatic carbocycles. The van der Waals surface area contributed by atoms with E-state index < -0.39 is 5.97 Å². The minimum absolute atomic E-state index is 0.00222. The van der Waals surface area contributed by atoms with Crippen molar-refractivity contribution in [2.45, 2.75) is 54.0 Å². The van der Waals surface area contributed by atoms with Crippen molar-refractivity contribution in [3.63, 3.8) is 0 Å². The Hall–Kier alpha value is -4.97. The first-order chi connectivity index (χ1) is 20.4. The van der Waals surface area contributed by atoms with Crippen LogP contribution in [0.3, 0.4) is 0 Å². The van der Waals surface area contributed by atoms with E-state index in [4.69, 9.17) is 5.11 Å². The van der Waals surface area contributed by atoms with E-state index >= 15 is 0 Å². The number of nitrogens with zero attached hydrogens (tertiary/aromatic N) is 1. The summed E-state index contributed by atoms with van der Waals surface area (Å²) in [7, 11) is 0. The molecule has 4 aromatic rings. The van der Waals surface area contributed by atoms with Gasteiger partial charge in [0, 0.05) is 23.9 Å². The largest absolute Gasteiger partial charge is 0.478 e. The van der Waals surface area contributed by atoms with Gasteiger partial charge in [-0.3, -0.25) is 10.1 Å². The van der Waals surface area contributed by atoms with Gasteiger partial charge in [0.15, 0.2) is 0 Å². The number of hydrogen-bond donors (Lipinski definition) is 2. The van der Waals surface area contributed by atoms with E-state index in [1.165, 1.54) is 40.0 Å². The Balaban J connectivity index is 0.000000257. The molecule has 0 aliphatic heterocycles. The Morgan fingerprint density at radius 3 is 2.12 bits per heavy atom. The number of nitrogens with one attached hydrogen (secondary N) is 1. The van der Waals surface area contributed by atoms with Crippen molar-refractivity contribution >= 4 is 22.9 Å². The molecule has 0 unspecified atom stereocenters. The van der Waals surface area contributed by atoms with E-state index in [1.807, 2.05) is 43.3 Å². The fraction of sp³-hybridized carbons (Fsp3) is 0.216. The van der Waals surface area contributed by atoms with E-state index in [1.54, 1.807) is 24.3 Å². The van der Waals surface area contributed by atoms with Gasteiger partial charge in [-0.05, 0) is 97.7 Å². The van der Waals surface area contributed by atoms with Crippen LogP contribution in [0.1, 0.15) is 78.8 Å². The number of nitro groups is 1. The summed E-state index contributed by atoms with van der Waals surface area (Å²) >= 11 is 0. The van der Waals surface area contributed by atoms with Crippen LogP contribution < -0.4 is 5.32 Å². The number of carboxylic acids is 1. The number of benzene rings is 4. The van der Waals surface area contributed by atoms with Crippen molar-refractivity contribution < 1.29 is 14.8 Å². The summed E-state index contributed by atoms with van der Waals surface area (Å²) < 4.78 is 0. The third-order valence-corrected chi connectivity index (χ3v) is 7.57. The number of rotatable bonds is 9. The summed E-state index contributed by atoms with van der Waals surface area (Å²) in [5.41, 5.74) is 11.3. The lowest BCUT2D eigenvalue weighted by Gasteiger charge is -2.19. The summed E-state index contributed by atoms with van der Waals surface area (Å²) in [5, 5.41) is 23.3. The molecule has 0 amide bonds. The van der Waals surface area contributed by atoms with E-state index in [0.29, 0.717) is 5.56 Å². The third kappa shape index (κ3) is 8.52. The molecule has 0 radical (unpaired) electrons. The molecule has 0 spiro atoms. The fourth-order valence-corrected chi connectivity index (χ4v) is 4.64. The number of allylic oxidation sites excluding steroid dienone is 2. The predicted molar refractivity (Wildman–Crippen MR) is 177 cm³/mol. The zero-order valence-corrected chi connectivity index (χ0v) is 25.8. The SMILES string of the molecule is C=C(N[C@@H](C)c1ccc([N+](=O)[O-])cc1)c1ccc(C)c(C(C)=C(C)C)c1.CCc1ccc(-c2ccccc2C(=O)O)cc1. The Labute approximate surface area is 254 Å². The highest BCUT2D eigenvalue weighted by molar-refractivity contribution is 5.96. The number of carboxylic acid groups (broad SMARTS) is 1. The molecule has 2 N–H and O–H groups in total. The van der Waals surface area contributed by atoms with Gasteiger partial charge in [-0.25, -0.2) is 4.79 Å². The Morgan fingerprint density at radius 2 is 1.56 bits per heavy atom. The molecular formula is C37H40N2O4. The molecule has 0 saturated carbocycles. The number of aryl methyl sites for hydroxylation is 2. The van der Waals surface area contributed by atoms with Gasteiger partial charge in [-0.1, -0.05) is 85.8 Å². The lowest BCUT2D eigenvalue weighted by atomic mass is 9.95. The first-order valence-electron chi connectivity index (χ1n) is 14.3. The summed E-state index contributed by atoms with van der Waals surface area (Å²) in [6.45, 7) is 16.8. The molecule has 4 aromatic carbocycles. The maximum atomic E-state index is 11.1. The normalized spacial score (nSPS) is 11.0. The quantitative estimate of drug-likeness (QED) is 0.153. The van der Waals surface area contributed by atoms with Crippen LogP contribution in [0.5, 0.6) is 0 Å². The monoisotopic (exact) mass is 576 g/mol. The molecule has 43 heavy (non-hydrogen) atoms. The van der Waals surface area contributed by atoms with Crippen LogP contribution in [0.25, 0.3) is 22.4 Å². The smallest absolute Gasteiger partial charge is 0.336 e. The first kappa shape index (κ1) is 32.5. The molecule has 0 bridgehead atoms. The van der Waals surface area contributed by atoms with Crippen molar-refractivity contribution in [2.75, 3.05) is 0 Å². The lowest BCUT2D eigenvalue weighted by Crippen LogP contribution is -2.16. The van der Waals surface area contributed by atoms with Gasteiger partial charge in [0.1, 0.15) is 0 Å². The number of nitro benzene ring substituents is 1. The first-order valence-corrected chi connectivity index (χ1v) is 14.3. The molecule has 0 aromatic heterocycles. The Morgan fingerprint density at radius 1 is 0.930 bits per heavy atom. The average Bonchev–Trinajstić information content (AvgIpc) is 3.01. The molecule has 0 fully saturated rings. The molecule has 4 rings (SSSR count). The van der Waals surface area contributed by atoms with E-state index in [-0.39, 0.29) is 16.7 Å². The predicted octanol–water partition coefficient (Wildman–Crippen LogP) is 9.65. The lowest BCUT2D eigenvalue weighted by molar-refractivity contribution is -0.384. The second-order valence-corrected chi connectivity index (χ2v) is 10.7. The van der Waals surface area contributed by atoms with Crippen molar-refractivity contribution in [3.8, 4) is 11.1 Å². The van der Waals surface area contributed by atoms with Crippen LogP contribution in [-0.2, 0) is 6.42 Å². The van der Waals surface area contributed by atoms with E-state index in [0.717, 1.165) is 34.4 Å². The van der Waals surface area contributed by atoms with E-state index in [2.05, 4.69) is 64.7 Å². The van der Waals surface area contributed by atoms with E-state index in [9.17, 15) is 14.9 Å². The van der Waals surface area contributed by atoms with Crippen LogP contribution >= 0.6 is 0 Å². The number of hydrogen-bond acceptors (Lipinski definition) is 4. The zero-order chi connectivity index (χ0) is 31.7. The Kier molecular flexibility index (Phi) is 11.2. The van der Waals surface area contributed by atoms with Crippen molar-refractivity contribution in [1.82, 2.24) is 5.32 Å². The second-order valence-electron chi connectivity index (χ2n) is 10.7. The highest BCUT2D eigenvalue weighted by Crippen LogP contribution is 2.27. The van der Waals surface area contributed by atoms with Gasteiger partial charge >= 0.3 is 5.97 Å². The van der Waals surface area contributed by atoms with Crippen LogP contribution in [0.2, 0.25) is 0 Å². The second kappa shape index (κ2) is 14.8. The standard InChI is InChI=1S/C22H26N2O2.C15H14O2/c1-14(2)16(4)22-13-20(8-7-15(22)3)18(6)23-17(5)19-9-11-21(12-10-19)24(25)26;1-2-11-7-9-12(10-8-11)13-5-3-4-6-14(13)15(16)17/h7-13,17,23H,6H2,1-5H3;3-10H,2H2,1H3,(H,16,17)/t17-;/m0./s1. The highest BCUT2D eigenvalue weighted by atomic mass is 16.6. The molecule has 0 saturated heterocycles. The van der Waals surface area contributed by atoms with Crippen LogP contribution in [0, 0.1) is 17.0 Å². The minimum Gasteiger partial charge on any atom is -0.478 e. The molecule has 6 nitrogen and oxygen atoms in total. The van der Waals surface area contributed by atoms with Gasteiger partial charge < -0.3 is 10.4 Å². The molecule has 0 aliphatic rings. The fourth-order valence-electron chi connectivity index (χ4n) is 4.64. The molecule has 222 valence electrons. The van der Waals surface area contributed by atoms with Gasteiger partial charge in [0.2, 0.25) is 0 Å². The zero-order valence-electron chi connectivity index (χ0n) is 25.8. The average molecular weight is 577 g/mol.